The van der Waals surface area contributed by atoms with Gasteiger partial charge in [-0.15, -0.1) is 11.3 Å². The molecule has 0 bridgehead atoms. The van der Waals surface area contributed by atoms with E-state index in [1.807, 2.05) is 14.1 Å². The van der Waals surface area contributed by atoms with Crippen LogP contribution in [-0.4, -0.2) is 103 Å². The molecule has 35 heavy (non-hydrogen) atoms. The number of carbonyl (C=O) groups excluding carboxylic acids is 3. The zero-order chi connectivity index (χ0) is 26.5. The van der Waals surface area contributed by atoms with E-state index in [1.54, 1.807) is 30.1 Å². The minimum absolute atomic E-state index is 0. The molecule has 1 heterocycles. The van der Waals surface area contributed by atoms with E-state index < -0.39 is 34.4 Å². The van der Waals surface area contributed by atoms with Gasteiger partial charge in [-0.2, -0.15) is 11.8 Å². The van der Waals surface area contributed by atoms with Crippen LogP contribution in [0.2, 0.25) is 0 Å². The molecule has 0 spiro atoms. The van der Waals surface area contributed by atoms with Crippen molar-refractivity contribution in [3.05, 3.63) is 38.2 Å². The summed E-state index contributed by atoms with van der Waals surface area (Å²) in [6.45, 7) is 2.01. The third kappa shape index (κ3) is 14.2. The van der Waals surface area contributed by atoms with E-state index in [-0.39, 0.29) is 26.2 Å². The number of nitro groups is 1. The Hall–Kier alpha value is -2.07. The molecule has 0 fully saturated rings. The fraction of sp³-hybridized carbons (Fsp3) is 0.556. The molecule has 194 valence electrons. The van der Waals surface area contributed by atoms with Crippen LogP contribution in [0.5, 0.6) is 0 Å². The second-order valence-electron chi connectivity index (χ2n) is 7.03. The summed E-state index contributed by atoms with van der Waals surface area (Å²) in [5.41, 5.74) is -1.96. The van der Waals surface area contributed by atoms with Crippen LogP contribution in [0, 0.1) is 16.0 Å². The van der Waals surface area contributed by atoms with E-state index in [9.17, 15) is 39.8 Å². The summed E-state index contributed by atoms with van der Waals surface area (Å²) in [6, 6.07) is 0. The number of aromatic nitrogens is 1. The first-order valence-corrected chi connectivity index (χ1v) is 11.5. The first-order chi connectivity index (χ1) is 15.7. The predicted octanol–water partition coefficient (Wildman–Crippen LogP) is -4.45. The van der Waals surface area contributed by atoms with Crippen LogP contribution in [0.1, 0.15) is 17.6 Å². The van der Waals surface area contributed by atoms with E-state index >= 15 is 0 Å². The van der Waals surface area contributed by atoms with Gasteiger partial charge in [-0.05, 0) is 21.0 Å². The van der Waals surface area contributed by atoms with Crippen molar-refractivity contribution in [3.8, 4) is 0 Å². The molecule has 17 heteroatoms. The molecule has 0 aliphatic carbocycles. The van der Waals surface area contributed by atoms with Crippen LogP contribution in [0.15, 0.2) is 17.4 Å². The Morgan fingerprint density at radius 2 is 1.89 bits per heavy atom. The third-order valence-electron chi connectivity index (χ3n) is 3.81. The largest absolute Gasteiger partial charge is 3.00 e. The van der Waals surface area contributed by atoms with Crippen molar-refractivity contribution in [1.29, 1.82) is 0 Å². The monoisotopic (exact) mass is 729 g/mol. The molecule has 0 aliphatic heterocycles. The molecule has 0 aromatic carbocycles. The van der Waals surface area contributed by atoms with Gasteiger partial charge in [-0.1, -0.05) is 0 Å². The van der Waals surface area contributed by atoms with Gasteiger partial charge in [0, 0.05) is 37.0 Å². The molecule has 3 N–H and O–H groups in total. The van der Waals surface area contributed by atoms with E-state index in [0.717, 1.165) is 35.0 Å². The fourth-order valence-corrected chi connectivity index (χ4v) is 3.93. The third-order valence-corrected chi connectivity index (χ3v) is 5.69. The van der Waals surface area contributed by atoms with Crippen molar-refractivity contribution in [2.75, 3.05) is 33.4 Å². The minimum Gasteiger partial charge on any atom is -0.549 e. The zero-order valence-electron chi connectivity index (χ0n) is 19.4. The van der Waals surface area contributed by atoms with Crippen molar-refractivity contribution in [3.63, 3.8) is 0 Å². The zero-order valence-corrected chi connectivity index (χ0v) is 24.5. The van der Waals surface area contributed by atoms with Gasteiger partial charge < -0.3 is 50.3 Å². The fourth-order valence-electron chi connectivity index (χ4n) is 2.17. The Bertz CT molecular complexity index is 866. The quantitative estimate of drug-likeness (QED) is 0.0541. The summed E-state index contributed by atoms with van der Waals surface area (Å²) in [7, 11) is 5.70. The van der Waals surface area contributed by atoms with Crippen molar-refractivity contribution in [2.45, 2.75) is 24.8 Å². The minimum atomic E-state index is -3.06. The summed E-state index contributed by atoms with van der Waals surface area (Å²) >= 11 is 3.43. The van der Waals surface area contributed by atoms with Crippen molar-refractivity contribution in [1.82, 2.24) is 20.5 Å². The van der Waals surface area contributed by atoms with Crippen molar-refractivity contribution in [2.24, 2.45) is 5.92 Å². The Labute approximate surface area is 229 Å². The number of nitrogens with one attached hydrogen (secondary N) is 2. The maximum Gasteiger partial charge on any atom is 3.00 e. The van der Waals surface area contributed by atoms with Gasteiger partial charge >= 0.3 is 26.2 Å². The maximum atomic E-state index is 10.4. The number of hydrogen-bond donors (Lipinski definition) is 3. The summed E-state index contributed by atoms with van der Waals surface area (Å²) in [5, 5.41) is 58.5. The van der Waals surface area contributed by atoms with Gasteiger partial charge in [-0.25, -0.2) is 4.98 Å². The molecular formula is C18H26BiN5O9S2. The number of thioether (sulfide) groups is 1. The van der Waals surface area contributed by atoms with E-state index in [2.05, 4.69) is 25.9 Å². The Kier molecular flexibility index (Phi) is 17.4. The average Bonchev–Trinajstić information content (AvgIpc) is 3.12. The van der Waals surface area contributed by atoms with Gasteiger partial charge in [-0.3, -0.25) is 10.1 Å². The van der Waals surface area contributed by atoms with Crippen LogP contribution in [0.4, 0.5) is 0 Å². The van der Waals surface area contributed by atoms with Crippen LogP contribution in [-0.2, 0) is 26.7 Å². The molecule has 0 saturated carbocycles. The van der Waals surface area contributed by atoms with Gasteiger partial charge in [0.25, 0.3) is 6.20 Å². The normalized spacial score (nSPS) is 12.6. The molecule has 0 amide bonds. The van der Waals surface area contributed by atoms with Crippen LogP contribution in [0.25, 0.3) is 0 Å². The molecule has 1 aromatic heterocycles. The smallest absolute Gasteiger partial charge is 0.549 e. The number of carbonyl (C=O) groups is 3. The number of aliphatic carboxylic acids is 3. The molecule has 0 saturated heterocycles. The Morgan fingerprint density at radius 3 is 2.29 bits per heavy atom. The van der Waals surface area contributed by atoms with Crippen molar-refractivity contribution >= 4 is 67.2 Å². The Balaban J connectivity index is 0. The molecule has 1 aromatic rings. The second-order valence-corrected chi connectivity index (χ2v) is 9.08. The first kappa shape index (κ1) is 35.1. The predicted molar refractivity (Wildman–Crippen MR) is 123 cm³/mol. The van der Waals surface area contributed by atoms with Gasteiger partial charge in [0.15, 0.2) is 5.82 Å². The molecule has 1 unspecified atom stereocenters. The molecule has 0 aliphatic rings. The maximum absolute atomic E-state index is 10.4. The summed E-state index contributed by atoms with van der Waals surface area (Å²) in [5.74, 6) is -7.27. The second kappa shape index (κ2) is 17.4. The first-order valence-electron chi connectivity index (χ1n) is 9.50. The number of carboxylic acid groups (broad SMARTS) is 3. The molecule has 1 atom stereocenters. The van der Waals surface area contributed by atoms with Gasteiger partial charge in [0.05, 0.1) is 34.4 Å². The molecule has 14 nitrogen and oxygen atoms in total. The molecule has 2 radical (unpaired) electrons. The molecular weight excluding hydrogens is 703 g/mol. The topological polar surface area (TPSA) is 224 Å². The standard InChI is InChI=1S/C12H21N5O2S2.C6H8O7.Bi/c1-13-11(6-17(18)19)14-4-5-20-8-10-9-21-12(15-10)7-16(2)3;1-6(13,5(11)12)2(3(7)8)4(9)10;/h6,9,13-14H,4-5,7-8H2,1-3H3;2,13H,1H3,(H,7,8)(H,9,10)(H,11,12);/q;;+3/p-3. The number of rotatable bonds is 14. The number of carboxylic acids is 3. The Morgan fingerprint density at radius 1 is 1.31 bits per heavy atom. The van der Waals surface area contributed by atoms with Gasteiger partial charge in [0.1, 0.15) is 10.6 Å². The van der Waals surface area contributed by atoms with Crippen LogP contribution in [0.3, 0.4) is 0 Å². The van der Waals surface area contributed by atoms with Crippen LogP contribution < -0.4 is 26.0 Å². The average molecular weight is 730 g/mol. The number of thiazole rings is 1. The number of nitrogens with zero attached hydrogens (tertiary/aromatic N) is 3. The SMILES string of the molecule is CC(O)(C(=O)[O-])C(C(=O)[O-])C(=O)[O-].CNC(=C[N+](=O)[O-])NCCSCc1csc(CN(C)C)n1.[Bi+3]. The van der Waals surface area contributed by atoms with Gasteiger partial charge in [0.2, 0.25) is 0 Å². The van der Waals surface area contributed by atoms with E-state index in [4.69, 9.17) is 5.11 Å². The van der Waals surface area contributed by atoms with Crippen LogP contribution >= 0.6 is 23.1 Å². The summed E-state index contributed by atoms with van der Waals surface area (Å²) in [6.07, 6.45) is 0.929. The van der Waals surface area contributed by atoms with Crippen molar-refractivity contribution < 1.29 is 39.7 Å². The summed E-state index contributed by atoms with van der Waals surface area (Å²) in [4.78, 5) is 46.9. The van der Waals surface area contributed by atoms with E-state index in [0.29, 0.717) is 19.3 Å². The molecule has 1 rings (SSSR count). The number of aliphatic hydroxyl groups is 1. The number of hydrogen-bond acceptors (Lipinski definition) is 15. The van der Waals surface area contributed by atoms with E-state index in [1.165, 1.54) is 0 Å². The summed E-state index contributed by atoms with van der Waals surface area (Å²) < 4.78 is 0.